The Bertz CT molecular complexity index is 203. The highest BCUT2D eigenvalue weighted by atomic mass is 16.6. The summed E-state index contributed by atoms with van der Waals surface area (Å²) >= 11 is 0. The highest BCUT2D eigenvalue weighted by Gasteiger charge is 2.27. The number of aliphatic hydroxyl groups is 1. The quantitative estimate of drug-likeness (QED) is 0.543. The maximum absolute atomic E-state index is 11.2. The molecule has 0 radical (unpaired) electrons. The highest BCUT2D eigenvalue weighted by Crippen LogP contribution is 2.18. The molecule has 1 rings (SSSR count). The molecule has 0 aromatic carbocycles. The summed E-state index contributed by atoms with van der Waals surface area (Å²) in [7, 11) is 0. The van der Waals surface area contributed by atoms with Crippen molar-refractivity contribution in [3.8, 4) is 0 Å². The van der Waals surface area contributed by atoms with E-state index in [2.05, 4.69) is 0 Å². The average Bonchev–Trinajstić information content (AvgIpc) is 2.64. The molecule has 0 amide bonds. The molecule has 4 nitrogen and oxygen atoms in total. The first kappa shape index (κ1) is 11.5. The summed E-state index contributed by atoms with van der Waals surface area (Å²) in [5.41, 5.74) is -0.479. The second kappa shape index (κ2) is 4.28. The molecule has 0 aliphatic carbocycles. The number of epoxide rings is 1. The molecule has 1 fully saturated rings. The summed E-state index contributed by atoms with van der Waals surface area (Å²) < 4.78 is 10.0. The first-order valence-electron chi connectivity index (χ1n) is 4.88. The lowest BCUT2D eigenvalue weighted by molar-refractivity contribution is -0.157. The molecule has 1 heterocycles. The van der Waals surface area contributed by atoms with Gasteiger partial charge in [-0.05, 0) is 20.8 Å². The summed E-state index contributed by atoms with van der Waals surface area (Å²) in [6.45, 7) is 6.12. The van der Waals surface area contributed by atoms with Crippen molar-refractivity contribution < 1.29 is 19.4 Å². The number of carbonyl (C=O) groups excluding carboxylic acids is 1. The summed E-state index contributed by atoms with van der Waals surface area (Å²) in [4.78, 5) is 11.2. The van der Waals surface area contributed by atoms with Gasteiger partial charge < -0.3 is 14.6 Å². The summed E-state index contributed by atoms with van der Waals surface area (Å²) in [5.74, 6) is -0.356. The van der Waals surface area contributed by atoms with Crippen LogP contribution in [-0.4, -0.2) is 35.5 Å². The molecule has 0 spiro atoms. The lowest BCUT2D eigenvalue weighted by atomic mass is 10.1. The summed E-state index contributed by atoms with van der Waals surface area (Å²) in [6, 6.07) is 0. The molecule has 0 bridgehead atoms. The Labute approximate surface area is 84.2 Å². The maximum Gasteiger partial charge on any atom is 0.308 e. The van der Waals surface area contributed by atoms with Gasteiger partial charge in [-0.3, -0.25) is 4.79 Å². The van der Waals surface area contributed by atoms with Crippen molar-refractivity contribution in [2.45, 2.75) is 51.4 Å². The monoisotopic (exact) mass is 202 g/mol. The second-order valence-corrected chi connectivity index (χ2v) is 4.64. The molecule has 14 heavy (non-hydrogen) atoms. The van der Waals surface area contributed by atoms with Gasteiger partial charge in [0, 0.05) is 6.42 Å². The van der Waals surface area contributed by atoms with Crippen molar-refractivity contribution in [2.24, 2.45) is 0 Å². The van der Waals surface area contributed by atoms with Gasteiger partial charge in [0.25, 0.3) is 0 Å². The van der Waals surface area contributed by atoms with Crippen LogP contribution in [0.3, 0.4) is 0 Å². The number of hydrogen-bond donors (Lipinski definition) is 1. The Morgan fingerprint density at radius 2 is 2.21 bits per heavy atom. The van der Waals surface area contributed by atoms with Gasteiger partial charge in [0.05, 0.1) is 25.2 Å². The molecule has 82 valence electrons. The van der Waals surface area contributed by atoms with Gasteiger partial charge in [-0.1, -0.05) is 0 Å². The zero-order valence-corrected chi connectivity index (χ0v) is 8.95. The molecular formula is C10H18O4. The van der Waals surface area contributed by atoms with Gasteiger partial charge in [-0.25, -0.2) is 0 Å². The fourth-order valence-electron chi connectivity index (χ4n) is 1.17. The van der Waals surface area contributed by atoms with Crippen molar-refractivity contribution in [3.63, 3.8) is 0 Å². The van der Waals surface area contributed by atoms with E-state index in [1.54, 1.807) is 20.8 Å². The van der Waals surface area contributed by atoms with E-state index in [1.807, 2.05) is 0 Å². The molecule has 1 aliphatic rings. The fourth-order valence-corrected chi connectivity index (χ4v) is 1.17. The maximum atomic E-state index is 11.2. The van der Waals surface area contributed by atoms with Crippen LogP contribution in [0.25, 0.3) is 0 Å². The van der Waals surface area contributed by atoms with Crippen molar-refractivity contribution in [1.82, 2.24) is 0 Å². The number of hydrogen-bond acceptors (Lipinski definition) is 4. The Balaban J connectivity index is 2.18. The standard InChI is InChI=1S/C10H18O4/c1-10(2,3)14-9(12)5-7(11)4-8-6-13-8/h7-8,11H,4-6H2,1-3H3/t7-,8+/m1/s1. The third kappa shape index (κ3) is 5.19. The van der Waals surface area contributed by atoms with E-state index < -0.39 is 11.7 Å². The third-order valence-corrected chi connectivity index (χ3v) is 1.76. The predicted octanol–water partition coefficient (Wildman–Crippen LogP) is 0.868. The van der Waals surface area contributed by atoms with Crippen molar-refractivity contribution >= 4 is 5.97 Å². The molecule has 0 aromatic heterocycles. The van der Waals surface area contributed by atoms with E-state index in [4.69, 9.17) is 9.47 Å². The van der Waals surface area contributed by atoms with Crippen LogP contribution < -0.4 is 0 Å². The van der Waals surface area contributed by atoms with E-state index in [0.29, 0.717) is 13.0 Å². The Morgan fingerprint density at radius 3 is 2.64 bits per heavy atom. The molecule has 1 aliphatic heterocycles. The van der Waals surface area contributed by atoms with E-state index >= 15 is 0 Å². The zero-order chi connectivity index (χ0) is 10.8. The lowest BCUT2D eigenvalue weighted by Gasteiger charge is -2.20. The second-order valence-electron chi connectivity index (χ2n) is 4.64. The van der Waals surface area contributed by atoms with Gasteiger partial charge in [0.2, 0.25) is 0 Å². The summed E-state index contributed by atoms with van der Waals surface area (Å²) in [6.07, 6.45) is 0.0842. The van der Waals surface area contributed by atoms with Crippen molar-refractivity contribution in [3.05, 3.63) is 0 Å². The molecule has 0 unspecified atom stereocenters. The van der Waals surface area contributed by atoms with E-state index in [9.17, 15) is 9.90 Å². The Kier molecular flexibility index (Phi) is 3.50. The van der Waals surface area contributed by atoms with Crippen LogP contribution in [0.1, 0.15) is 33.6 Å². The molecule has 0 aromatic rings. The first-order valence-corrected chi connectivity index (χ1v) is 4.88. The molecule has 0 saturated carbocycles. The van der Waals surface area contributed by atoms with Crippen LogP contribution in [0.4, 0.5) is 0 Å². The van der Waals surface area contributed by atoms with Gasteiger partial charge in [0.15, 0.2) is 0 Å². The molecule has 4 heteroatoms. The molecule has 1 N–H and O–H groups in total. The van der Waals surface area contributed by atoms with Gasteiger partial charge in [-0.15, -0.1) is 0 Å². The minimum Gasteiger partial charge on any atom is -0.460 e. The Morgan fingerprint density at radius 1 is 1.64 bits per heavy atom. The van der Waals surface area contributed by atoms with E-state index in [0.717, 1.165) is 0 Å². The predicted molar refractivity (Wildman–Crippen MR) is 50.8 cm³/mol. The van der Waals surface area contributed by atoms with Crippen LogP contribution in [0, 0.1) is 0 Å². The number of esters is 1. The summed E-state index contributed by atoms with van der Waals surface area (Å²) in [5, 5.41) is 9.45. The zero-order valence-electron chi connectivity index (χ0n) is 8.95. The van der Waals surface area contributed by atoms with Crippen molar-refractivity contribution in [1.29, 1.82) is 0 Å². The minimum atomic E-state index is -0.641. The van der Waals surface area contributed by atoms with E-state index in [1.165, 1.54) is 0 Å². The first-order chi connectivity index (χ1) is 6.37. The SMILES string of the molecule is CC(C)(C)OC(=O)C[C@H](O)C[C@H]1CO1. The third-order valence-electron chi connectivity index (χ3n) is 1.76. The van der Waals surface area contributed by atoms with Crippen LogP contribution in [0.15, 0.2) is 0 Å². The fraction of sp³-hybridized carbons (Fsp3) is 0.900. The van der Waals surface area contributed by atoms with Crippen LogP contribution >= 0.6 is 0 Å². The average molecular weight is 202 g/mol. The van der Waals surface area contributed by atoms with Crippen LogP contribution in [-0.2, 0) is 14.3 Å². The number of aliphatic hydroxyl groups excluding tert-OH is 1. The molecule has 2 atom stereocenters. The Hall–Kier alpha value is -0.610. The van der Waals surface area contributed by atoms with Crippen LogP contribution in [0.5, 0.6) is 0 Å². The lowest BCUT2D eigenvalue weighted by Crippen LogP contribution is -2.27. The number of ether oxygens (including phenoxy) is 2. The van der Waals surface area contributed by atoms with Gasteiger partial charge in [0.1, 0.15) is 5.60 Å². The van der Waals surface area contributed by atoms with Crippen molar-refractivity contribution in [2.75, 3.05) is 6.61 Å². The number of carbonyl (C=O) groups is 1. The van der Waals surface area contributed by atoms with Gasteiger partial charge >= 0.3 is 5.97 Å². The highest BCUT2D eigenvalue weighted by molar-refractivity contribution is 5.70. The minimum absolute atomic E-state index is 0.0527. The van der Waals surface area contributed by atoms with Crippen LogP contribution in [0.2, 0.25) is 0 Å². The number of rotatable bonds is 4. The van der Waals surface area contributed by atoms with E-state index in [-0.39, 0.29) is 18.5 Å². The van der Waals surface area contributed by atoms with Gasteiger partial charge in [-0.2, -0.15) is 0 Å². The molecule has 1 saturated heterocycles. The molecular weight excluding hydrogens is 184 g/mol. The topological polar surface area (TPSA) is 59.1 Å². The smallest absolute Gasteiger partial charge is 0.308 e. The largest absolute Gasteiger partial charge is 0.460 e. The normalized spacial score (nSPS) is 23.0.